The van der Waals surface area contributed by atoms with Gasteiger partial charge in [0.15, 0.2) is 0 Å². The highest BCUT2D eigenvalue weighted by Crippen LogP contribution is 2.25. The van der Waals surface area contributed by atoms with E-state index in [4.69, 9.17) is 4.74 Å². The maximum Gasteiger partial charge on any atom is 0.124 e. The average Bonchev–Trinajstić information content (AvgIpc) is 2.59. The van der Waals surface area contributed by atoms with Gasteiger partial charge in [-0.25, -0.2) is 0 Å². The third-order valence-corrected chi connectivity index (χ3v) is 3.93. The van der Waals surface area contributed by atoms with Gasteiger partial charge in [0.2, 0.25) is 0 Å². The molecular weight excluding hydrogens is 286 g/mol. The van der Waals surface area contributed by atoms with Gasteiger partial charge in [-0.3, -0.25) is 4.99 Å². The molecule has 116 valence electrons. The van der Waals surface area contributed by atoms with Crippen LogP contribution in [0.15, 0.2) is 65.7 Å². The van der Waals surface area contributed by atoms with Crippen LogP contribution in [0.5, 0.6) is 11.5 Å². The van der Waals surface area contributed by atoms with E-state index in [2.05, 4.69) is 4.99 Å². The first-order valence-corrected chi connectivity index (χ1v) is 7.56. The van der Waals surface area contributed by atoms with E-state index in [1.54, 1.807) is 19.4 Å². The molecule has 3 heteroatoms. The molecule has 0 aromatic heterocycles. The topological polar surface area (TPSA) is 41.8 Å². The highest BCUT2D eigenvalue weighted by molar-refractivity contribution is 5.93. The second-order valence-electron chi connectivity index (χ2n) is 5.49. The summed E-state index contributed by atoms with van der Waals surface area (Å²) in [7, 11) is 1.65. The molecule has 0 saturated heterocycles. The molecule has 0 radical (unpaired) electrons. The van der Waals surface area contributed by atoms with Crippen LogP contribution in [0.25, 0.3) is 10.8 Å². The molecule has 0 saturated carbocycles. The van der Waals surface area contributed by atoms with Gasteiger partial charge in [-0.15, -0.1) is 0 Å². The molecule has 3 rings (SSSR count). The summed E-state index contributed by atoms with van der Waals surface area (Å²) in [5.74, 6) is 1.08. The van der Waals surface area contributed by atoms with Gasteiger partial charge in [-0.2, -0.15) is 0 Å². The normalized spacial score (nSPS) is 12.6. The van der Waals surface area contributed by atoms with E-state index >= 15 is 0 Å². The fourth-order valence-electron chi connectivity index (χ4n) is 2.51. The maximum atomic E-state index is 10.2. The first-order chi connectivity index (χ1) is 11.2. The van der Waals surface area contributed by atoms with Crippen LogP contribution in [0.4, 0.5) is 0 Å². The van der Waals surface area contributed by atoms with Crippen LogP contribution >= 0.6 is 0 Å². The molecule has 0 heterocycles. The molecule has 3 nitrogen and oxygen atoms in total. The lowest BCUT2D eigenvalue weighted by Gasteiger charge is -2.08. The van der Waals surface area contributed by atoms with Crippen molar-refractivity contribution in [1.82, 2.24) is 0 Å². The van der Waals surface area contributed by atoms with Crippen LogP contribution in [-0.4, -0.2) is 18.4 Å². The average molecular weight is 305 g/mol. The van der Waals surface area contributed by atoms with Crippen molar-refractivity contribution < 1.29 is 9.84 Å². The molecule has 0 aliphatic rings. The van der Waals surface area contributed by atoms with Crippen molar-refractivity contribution in [3.8, 4) is 11.5 Å². The Kier molecular flexibility index (Phi) is 4.29. The van der Waals surface area contributed by atoms with Gasteiger partial charge >= 0.3 is 0 Å². The van der Waals surface area contributed by atoms with Crippen LogP contribution in [0.2, 0.25) is 0 Å². The number of hydrogen-bond acceptors (Lipinski definition) is 3. The highest BCUT2D eigenvalue weighted by Gasteiger charge is 2.05. The largest absolute Gasteiger partial charge is 0.507 e. The molecule has 1 N–H and O–H groups in total. The van der Waals surface area contributed by atoms with Crippen molar-refractivity contribution in [1.29, 1.82) is 0 Å². The number of phenolic OH excluding ortho intramolecular Hbond substituents is 1. The first kappa shape index (κ1) is 15.1. The molecule has 0 bridgehead atoms. The quantitative estimate of drug-likeness (QED) is 0.708. The van der Waals surface area contributed by atoms with Crippen molar-refractivity contribution in [3.63, 3.8) is 0 Å². The van der Waals surface area contributed by atoms with Crippen LogP contribution in [0.3, 0.4) is 0 Å². The maximum absolute atomic E-state index is 10.2. The second-order valence-corrected chi connectivity index (χ2v) is 5.49. The molecule has 0 aliphatic carbocycles. The Bertz CT molecular complexity index is 838. The van der Waals surface area contributed by atoms with Crippen molar-refractivity contribution in [3.05, 3.63) is 71.8 Å². The van der Waals surface area contributed by atoms with Crippen LogP contribution in [0, 0.1) is 0 Å². The van der Waals surface area contributed by atoms with Crippen molar-refractivity contribution in [2.75, 3.05) is 7.11 Å². The predicted molar refractivity (Wildman–Crippen MR) is 94.6 cm³/mol. The van der Waals surface area contributed by atoms with E-state index in [0.717, 1.165) is 27.6 Å². The monoisotopic (exact) mass is 305 g/mol. The number of phenols is 1. The summed E-state index contributed by atoms with van der Waals surface area (Å²) >= 11 is 0. The highest BCUT2D eigenvalue weighted by atomic mass is 16.5. The number of benzene rings is 3. The lowest BCUT2D eigenvalue weighted by atomic mass is 10.1. The number of fused-ring (bicyclic) bond motifs is 1. The van der Waals surface area contributed by atoms with Gasteiger partial charge in [0.05, 0.1) is 13.2 Å². The number of hydrogen-bond donors (Lipinski definition) is 1. The van der Waals surface area contributed by atoms with Crippen molar-refractivity contribution in [2.45, 2.75) is 13.0 Å². The Labute approximate surface area is 135 Å². The molecule has 1 atom stereocenters. The van der Waals surface area contributed by atoms with E-state index in [0.29, 0.717) is 0 Å². The molecule has 3 aromatic rings. The summed E-state index contributed by atoms with van der Waals surface area (Å²) in [6.07, 6.45) is 1.73. The van der Waals surface area contributed by atoms with Gasteiger partial charge in [-0.1, -0.05) is 36.4 Å². The molecule has 0 spiro atoms. The minimum Gasteiger partial charge on any atom is -0.507 e. The molecule has 0 amide bonds. The molecule has 0 fully saturated rings. The Hall–Kier alpha value is -2.81. The predicted octanol–water partition coefficient (Wildman–Crippen LogP) is 4.73. The smallest absolute Gasteiger partial charge is 0.124 e. The summed E-state index contributed by atoms with van der Waals surface area (Å²) in [5, 5.41) is 12.3. The zero-order valence-electron chi connectivity index (χ0n) is 13.2. The minimum atomic E-state index is 0.00627. The molecule has 23 heavy (non-hydrogen) atoms. The van der Waals surface area contributed by atoms with Crippen molar-refractivity contribution >= 4 is 17.0 Å². The Morgan fingerprint density at radius 2 is 1.65 bits per heavy atom. The Morgan fingerprint density at radius 1 is 1.00 bits per heavy atom. The van der Waals surface area contributed by atoms with E-state index < -0.39 is 0 Å². The summed E-state index contributed by atoms with van der Waals surface area (Å²) in [6.45, 7) is 2.02. The lowest BCUT2D eigenvalue weighted by molar-refractivity contribution is 0.414. The van der Waals surface area contributed by atoms with Crippen LogP contribution < -0.4 is 4.74 Å². The van der Waals surface area contributed by atoms with Gasteiger partial charge in [0.1, 0.15) is 11.5 Å². The van der Waals surface area contributed by atoms with Gasteiger partial charge in [-0.05, 0) is 47.5 Å². The third-order valence-electron chi connectivity index (χ3n) is 3.93. The summed E-state index contributed by atoms with van der Waals surface area (Å²) < 4.78 is 5.16. The van der Waals surface area contributed by atoms with E-state index in [1.807, 2.05) is 61.5 Å². The number of aromatic hydroxyl groups is 1. The van der Waals surface area contributed by atoms with Crippen LogP contribution in [0.1, 0.15) is 24.1 Å². The summed E-state index contributed by atoms with van der Waals surface area (Å²) in [5.41, 5.74) is 1.83. The van der Waals surface area contributed by atoms with Crippen LogP contribution in [-0.2, 0) is 0 Å². The molecule has 0 aliphatic heterocycles. The van der Waals surface area contributed by atoms with Crippen molar-refractivity contribution in [2.24, 2.45) is 4.99 Å². The lowest BCUT2D eigenvalue weighted by Crippen LogP contribution is -1.92. The SMILES string of the molecule is COc1ccc([C@@H](C)N=Cc2cc3ccccc3cc2O)cc1. The van der Waals surface area contributed by atoms with Gasteiger partial charge < -0.3 is 9.84 Å². The minimum absolute atomic E-state index is 0.00627. The fraction of sp³-hybridized carbons (Fsp3) is 0.150. The summed E-state index contributed by atoms with van der Waals surface area (Å²) in [4.78, 5) is 4.56. The van der Waals surface area contributed by atoms with E-state index in [-0.39, 0.29) is 11.8 Å². The first-order valence-electron chi connectivity index (χ1n) is 7.56. The Morgan fingerprint density at radius 3 is 2.30 bits per heavy atom. The number of nitrogens with zero attached hydrogens (tertiary/aromatic N) is 1. The number of rotatable bonds is 4. The van der Waals surface area contributed by atoms with Gasteiger partial charge in [0.25, 0.3) is 0 Å². The standard InChI is InChI=1S/C20H19NO2/c1-14(15-7-9-19(23-2)10-8-15)21-13-18-11-16-5-3-4-6-17(16)12-20(18)22/h3-14,22H,1-2H3/t14-/m1/s1. The molecule has 0 unspecified atom stereocenters. The fourth-order valence-corrected chi connectivity index (χ4v) is 2.51. The Balaban J connectivity index is 1.84. The van der Waals surface area contributed by atoms with E-state index in [1.165, 1.54) is 0 Å². The molecule has 3 aromatic carbocycles. The zero-order valence-corrected chi connectivity index (χ0v) is 13.2. The molecular formula is C20H19NO2. The zero-order chi connectivity index (χ0) is 16.2. The number of methoxy groups -OCH3 is 1. The second kappa shape index (κ2) is 6.53. The van der Waals surface area contributed by atoms with E-state index in [9.17, 15) is 5.11 Å². The third kappa shape index (κ3) is 3.34. The summed E-state index contributed by atoms with van der Waals surface area (Å²) in [6, 6.07) is 19.5. The number of aliphatic imine (C=N–C) groups is 1. The van der Waals surface area contributed by atoms with Gasteiger partial charge in [0, 0.05) is 11.8 Å². The number of ether oxygens (including phenoxy) is 1.